The molecule has 4 aromatic rings. The minimum absolute atomic E-state index is 0. The predicted octanol–water partition coefficient (Wildman–Crippen LogP) is 5.46. The van der Waals surface area contributed by atoms with Crippen LogP contribution in [0.1, 0.15) is 37.0 Å². The zero-order valence-corrected chi connectivity index (χ0v) is 22.7. The summed E-state index contributed by atoms with van der Waals surface area (Å²) >= 11 is 0. The molecule has 2 N–H and O–H groups in total. The van der Waals surface area contributed by atoms with E-state index < -0.39 is 0 Å². The largest absolute Gasteiger partial charge is 0.393 e. The predicted molar refractivity (Wildman–Crippen MR) is 133 cm³/mol. The Bertz CT molecular complexity index is 1080. The zero-order chi connectivity index (χ0) is 24.0. The van der Waals surface area contributed by atoms with Gasteiger partial charge in [0.1, 0.15) is 0 Å². The minimum Gasteiger partial charge on any atom is -0.393 e. The Morgan fingerprint density at radius 2 is 1.24 bits per heavy atom. The molecular formula is C28H32IrN3O2-. The maximum absolute atomic E-state index is 8.56. The average Bonchev–Trinajstić information content (AvgIpc) is 3.20. The number of rotatable bonds is 5. The van der Waals surface area contributed by atoms with E-state index in [0.717, 1.165) is 28.5 Å². The molecule has 1 radical (unpaired) electrons. The summed E-state index contributed by atoms with van der Waals surface area (Å²) in [5.41, 5.74) is 6.64. The third-order valence-electron chi connectivity index (χ3n) is 5.16. The van der Waals surface area contributed by atoms with Crippen molar-refractivity contribution in [2.45, 2.75) is 53.2 Å². The van der Waals surface area contributed by atoms with E-state index in [1.54, 1.807) is 13.8 Å². The van der Waals surface area contributed by atoms with E-state index in [0.29, 0.717) is 6.42 Å². The van der Waals surface area contributed by atoms with Gasteiger partial charge >= 0.3 is 0 Å². The molecule has 0 aliphatic heterocycles. The summed E-state index contributed by atoms with van der Waals surface area (Å²) in [6.07, 6.45) is -0.278. The quantitative estimate of drug-likeness (QED) is 0.286. The second-order valence-electron chi connectivity index (χ2n) is 8.60. The van der Waals surface area contributed by atoms with Crippen LogP contribution in [0.2, 0.25) is 0 Å². The van der Waals surface area contributed by atoms with Gasteiger partial charge in [-0.3, -0.25) is 0 Å². The molecule has 181 valence electrons. The van der Waals surface area contributed by atoms with Crippen LogP contribution >= 0.6 is 0 Å². The van der Waals surface area contributed by atoms with Gasteiger partial charge in [0.05, 0.1) is 18.0 Å². The van der Waals surface area contributed by atoms with Crippen LogP contribution < -0.4 is 0 Å². The molecule has 34 heavy (non-hydrogen) atoms. The van der Waals surface area contributed by atoms with Crippen LogP contribution in [0.25, 0.3) is 28.5 Å². The first-order chi connectivity index (χ1) is 15.7. The van der Waals surface area contributed by atoms with E-state index in [-0.39, 0.29) is 32.3 Å². The smallest absolute Gasteiger partial charge is 0.159 e. The topological polar surface area (TPSA) is 71.2 Å². The van der Waals surface area contributed by atoms with Crippen molar-refractivity contribution in [1.82, 2.24) is 14.8 Å². The van der Waals surface area contributed by atoms with Crippen molar-refractivity contribution in [1.29, 1.82) is 0 Å². The third-order valence-corrected chi connectivity index (χ3v) is 5.16. The summed E-state index contributed by atoms with van der Waals surface area (Å²) in [5, 5.41) is 26.1. The Hall–Kier alpha value is -2.63. The molecule has 0 fully saturated rings. The van der Waals surface area contributed by atoms with Gasteiger partial charge in [0.15, 0.2) is 5.82 Å². The van der Waals surface area contributed by atoms with Gasteiger partial charge in [-0.25, -0.2) is 0 Å². The first-order valence-electron chi connectivity index (χ1n) is 11.2. The molecule has 0 saturated carbocycles. The number of nitrogens with zero attached hydrogens (tertiary/aromatic N) is 3. The second-order valence-corrected chi connectivity index (χ2v) is 8.60. The molecule has 0 aliphatic rings. The maximum Gasteiger partial charge on any atom is 0.159 e. The van der Waals surface area contributed by atoms with Gasteiger partial charge in [-0.2, -0.15) is 5.10 Å². The van der Waals surface area contributed by atoms with Crippen molar-refractivity contribution in [3.05, 3.63) is 89.5 Å². The van der Waals surface area contributed by atoms with Crippen LogP contribution in [0.4, 0.5) is 0 Å². The molecule has 2 atom stereocenters. The summed E-state index contributed by atoms with van der Waals surface area (Å²) in [5.74, 6) is 1.63. The van der Waals surface area contributed by atoms with Crippen molar-refractivity contribution >= 4 is 0 Å². The molecule has 5 nitrogen and oxygen atoms in total. The van der Waals surface area contributed by atoms with Crippen molar-refractivity contribution in [3.63, 3.8) is 0 Å². The van der Waals surface area contributed by atoms with Crippen LogP contribution in [0.15, 0.2) is 66.7 Å². The van der Waals surface area contributed by atoms with Crippen LogP contribution in [0.3, 0.4) is 0 Å². The second kappa shape index (κ2) is 12.7. The summed E-state index contributed by atoms with van der Waals surface area (Å²) < 4.78 is 2.10. The summed E-state index contributed by atoms with van der Waals surface area (Å²) in [6, 6.07) is 26.2. The minimum atomic E-state index is -0.375. The number of hydrogen-bond donors (Lipinski definition) is 2. The molecule has 4 rings (SSSR count). The van der Waals surface area contributed by atoms with Crippen LogP contribution in [-0.4, -0.2) is 37.2 Å². The number of hydrogen-bond acceptors (Lipinski definition) is 4. The number of benzene rings is 3. The Balaban J connectivity index is 0.000000449. The molecule has 6 heteroatoms. The van der Waals surface area contributed by atoms with E-state index in [9.17, 15) is 0 Å². The summed E-state index contributed by atoms with van der Waals surface area (Å²) in [6.45, 7) is 9.55. The van der Waals surface area contributed by atoms with Gasteiger partial charge < -0.3 is 14.8 Å². The van der Waals surface area contributed by atoms with E-state index >= 15 is 0 Å². The summed E-state index contributed by atoms with van der Waals surface area (Å²) in [7, 11) is 0. The van der Waals surface area contributed by atoms with Crippen molar-refractivity contribution in [2.24, 2.45) is 0 Å². The molecule has 0 bridgehead atoms. The van der Waals surface area contributed by atoms with E-state index in [1.807, 2.05) is 12.1 Å². The number of aryl methyl sites for hydroxylation is 3. The standard InChI is InChI=1S/C23H20N3.C5H12O2.Ir/c1-16-4-10-19(11-5-16)22-24-25-23(20-12-6-17(2)7-13-20)26(22)21-14-8-18(3)9-15-21;1-4(6)3-5(2)7;/h4-12,14-15H,1-3H3;4-7H,3H2,1-2H3;/q-1;;. The number of aromatic nitrogens is 3. The molecule has 1 heterocycles. The number of aliphatic hydroxyl groups is 2. The molecule has 1 aromatic heterocycles. The zero-order valence-electron chi connectivity index (χ0n) is 20.3. The van der Waals surface area contributed by atoms with Crippen LogP contribution in [-0.2, 0) is 20.1 Å². The van der Waals surface area contributed by atoms with E-state index in [4.69, 9.17) is 10.2 Å². The first kappa shape index (κ1) is 27.6. The monoisotopic (exact) mass is 635 g/mol. The van der Waals surface area contributed by atoms with E-state index in [1.165, 1.54) is 16.7 Å². The Kier molecular flexibility index (Phi) is 10.3. The van der Waals surface area contributed by atoms with Crippen molar-refractivity contribution in [2.75, 3.05) is 0 Å². The summed E-state index contributed by atoms with van der Waals surface area (Å²) in [4.78, 5) is 0. The fourth-order valence-corrected chi connectivity index (χ4v) is 3.42. The van der Waals surface area contributed by atoms with Crippen LogP contribution in [0, 0.1) is 26.8 Å². The molecule has 0 aliphatic carbocycles. The normalized spacial score (nSPS) is 12.2. The van der Waals surface area contributed by atoms with Gasteiger partial charge in [-0.05, 0) is 46.2 Å². The molecular weight excluding hydrogens is 603 g/mol. The fourth-order valence-electron chi connectivity index (χ4n) is 3.42. The molecule has 0 amide bonds. The fraction of sp³-hybridized carbons (Fsp3) is 0.286. The van der Waals surface area contributed by atoms with Crippen molar-refractivity contribution in [3.8, 4) is 28.5 Å². The van der Waals surface area contributed by atoms with E-state index in [2.05, 4.69) is 96.2 Å². The molecule has 0 saturated heterocycles. The Labute approximate surface area is 215 Å². The molecule has 3 aromatic carbocycles. The van der Waals surface area contributed by atoms with Crippen LogP contribution in [0.5, 0.6) is 0 Å². The molecule has 0 spiro atoms. The van der Waals surface area contributed by atoms with Gasteiger partial charge in [0.2, 0.25) is 0 Å². The Morgan fingerprint density at radius 3 is 1.71 bits per heavy atom. The maximum atomic E-state index is 8.56. The van der Waals surface area contributed by atoms with Crippen molar-refractivity contribution < 1.29 is 30.3 Å². The average molecular weight is 635 g/mol. The SMILES string of the molecule is CC(O)CC(C)O.Cc1c[c-]c(-c2nnc(-c3ccc(C)cc3)n2-c2ccc(C)cc2)cc1.[Ir]. The first-order valence-corrected chi connectivity index (χ1v) is 11.2. The van der Waals surface area contributed by atoms with Gasteiger partial charge in [0.25, 0.3) is 0 Å². The van der Waals surface area contributed by atoms with Gasteiger partial charge in [0, 0.05) is 31.4 Å². The third kappa shape index (κ3) is 7.44. The molecule has 2 unspecified atom stereocenters. The van der Waals surface area contributed by atoms with Gasteiger partial charge in [-0.15, -0.1) is 40.5 Å². The van der Waals surface area contributed by atoms with Gasteiger partial charge in [-0.1, -0.05) is 54.4 Å². The Morgan fingerprint density at radius 1 is 0.735 bits per heavy atom. The number of aliphatic hydroxyl groups excluding tert-OH is 2.